The largest absolute Gasteiger partial charge is 0.320 e. The second-order valence-corrected chi connectivity index (χ2v) is 7.32. The van der Waals surface area contributed by atoms with Crippen LogP contribution in [0.4, 0.5) is 5.69 Å². The van der Waals surface area contributed by atoms with E-state index in [0.29, 0.717) is 5.52 Å². The van der Waals surface area contributed by atoms with E-state index in [9.17, 15) is 4.79 Å². The van der Waals surface area contributed by atoms with E-state index in [-0.39, 0.29) is 11.6 Å². The summed E-state index contributed by atoms with van der Waals surface area (Å²) >= 11 is 0. The lowest BCUT2D eigenvalue weighted by Gasteiger charge is -2.10. The highest BCUT2D eigenvalue weighted by Gasteiger charge is 2.13. The molecule has 0 saturated carbocycles. The molecule has 1 amide bonds. The molecule has 3 heterocycles. The van der Waals surface area contributed by atoms with Crippen molar-refractivity contribution in [2.45, 2.75) is 13.8 Å². The first-order valence-electron chi connectivity index (χ1n) is 9.66. The highest BCUT2D eigenvalue weighted by Crippen LogP contribution is 2.26. The first-order chi connectivity index (χ1) is 14.6. The maximum atomic E-state index is 12.8. The number of hydrogen-bond acceptors (Lipinski definition) is 4. The summed E-state index contributed by atoms with van der Waals surface area (Å²) in [6, 6.07) is 17.5. The zero-order chi connectivity index (χ0) is 20.7. The molecule has 0 aliphatic rings. The fourth-order valence-electron chi connectivity index (χ4n) is 3.39. The Hall–Kier alpha value is -4.06. The molecular formula is C24H19N5O. The number of para-hydroxylation sites is 2. The minimum atomic E-state index is -0.292. The van der Waals surface area contributed by atoms with E-state index >= 15 is 0 Å². The number of aromatic nitrogens is 4. The lowest BCUT2D eigenvalue weighted by molar-refractivity contribution is 0.102. The van der Waals surface area contributed by atoms with Crippen LogP contribution in [-0.2, 0) is 0 Å². The van der Waals surface area contributed by atoms with E-state index in [2.05, 4.69) is 15.3 Å². The van der Waals surface area contributed by atoms with E-state index in [1.54, 1.807) is 0 Å². The number of rotatable bonds is 3. The van der Waals surface area contributed by atoms with Gasteiger partial charge in [-0.05, 0) is 55.3 Å². The minimum Gasteiger partial charge on any atom is -0.320 e. The van der Waals surface area contributed by atoms with E-state index in [1.165, 1.54) is 6.20 Å². The van der Waals surface area contributed by atoms with Crippen molar-refractivity contribution in [2.24, 2.45) is 0 Å². The molecule has 0 aliphatic carbocycles. The van der Waals surface area contributed by atoms with Crippen LogP contribution in [-0.4, -0.2) is 25.3 Å². The van der Waals surface area contributed by atoms with Gasteiger partial charge in [-0.25, -0.2) is 9.97 Å². The maximum Gasteiger partial charge on any atom is 0.275 e. The van der Waals surface area contributed by atoms with Crippen molar-refractivity contribution in [1.29, 1.82) is 0 Å². The van der Waals surface area contributed by atoms with Gasteiger partial charge in [0, 0.05) is 23.6 Å². The molecule has 3 aromatic heterocycles. The molecule has 6 heteroatoms. The van der Waals surface area contributed by atoms with E-state index in [1.807, 2.05) is 85.2 Å². The molecular weight excluding hydrogens is 374 g/mol. The number of nitrogens with one attached hydrogen (secondary N) is 1. The highest BCUT2D eigenvalue weighted by atomic mass is 16.1. The van der Waals surface area contributed by atoms with E-state index < -0.39 is 0 Å². The average Bonchev–Trinajstić information content (AvgIpc) is 3.18. The summed E-state index contributed by atoms with van der Waals surface area (Å²) in [5.41, 5.74) is 7.24. The molecule has 146 valence electrons. The number of hydrogen-bond donors (Lipinski definition) is 1. The van der Waals surface area contributed by atoms with Gasteiger partial charge in [-0.15, -0.1) is 0 Å². The zero-order valence-electron chi connectivity index (χ0n) is 16.6. The summed E-state index contributed by atoms with van der Waals surface area (Å²) in [5.74, 6) is -0.292. The third-order valence-electron chi connectivity index (χ3n) is 5.08. The number of imidazole rings is 1. The van der Waals surface area contributed by atoms with Crippen molar-refractivity contribution >= 4 is 28.3 Å². The minimum absolute atomic E-state index is 0.279. The van der Waals surface area contributed by atoms with Gasteiger partial charge in [0.1, 0.15) is 11.3 Å². The molecule has 0 aliphatic heterocycles. The Labute approximate surface area is 173 Å². The molecule has 0 spiro atoms. The van der Waals surface area contributed by atoms with Crippen LogP contribution in [0.15, 0.2) is 73.2 Å². The molecule has 5 aromatic rings. The first kappa shape index (κ1) is 18.0. The Morgan fingerprint density at radius 3 is 2.67 bits per heavy atom. The normalized spacial score (nSPS) is 11.1. The Morgan fingerprint density at radius 1 is 0.967 bits per heavy atom. The van der Waals surface area contributed by atoms with Gasteiger partial charge in [-0.3, -0.25) is 9.78 Å². The molecule has 2 aromatic carbocycles. The molecule has 5 rings (SSSR count). The second-order valence-electron chi connectivity index (χ2n) is 7.32. The highest BCUT2D eigenvalue weighted by molar-refractivity contribution is 6.04. The first-order valence-corrected chi connectivity index (χ1v) is 9.66. The molecule has 0 unspecified atom stereocenters. The van der Waals surface area contributed by atoms with Crippen molar-refractivity contribution < 1.29 is 4.79 Å². The van der Waals surface area contributed by atoms with E-state index in [0.717, 1.165) is 39.2 Å². The Kier molecular flexibility index (Phi) is 4.25. The lowest BCUT2D eigenvalue weighted by atomic mass is 10.1. The number of amides is 1. The SMILES string of the molecule is Cc1ccn2cc(-c3ccc(C)c(NC(=O)c4cnc5ccccc5n4)c3)nc2c1. The summed E-state index contributed by atoms with van der Waals surface area (Å²) in [4.78, 5) is 26.3. The number of pyridine rings is 1. The number of carbonyl (C=O) groups is 1. The van der Waals surface area contributed by atoms with Crippen molar-refractivity contribution in [3.05, 3.63) is 90.0 Å². The summed E-state index contributed by atoms with van der Waals surface area (Å²) in [6.45, 7) is 4.00. The van der Waals surface area contributed by atoms with Crippen LogP contribution in [0.25, 0.3) is 27.9 Å². The molecule has 0 saturated heterocycles. The smallest absolute Gasteiger partial charge is 0.275 e. The summed E-state index contributed by atoms with van der Waals surface area (Å²) in [6.07, 6.45) is 5.48. The monoisotopic (exact) mass is 393 g/mol. The maximum absolute atomic E-state index is 12.8. The molecule has 30 heavy (non-hydrogen) atoms. The van der Waals surface area contributed by atoms with Gasteiger partial charge in [0.05, 0.1) is 22.9 Å². The van der Waals surface area contributed by atoms with Crippen LogP contribution < -0.4 is 5.32 Å². The Bertz CT molecular complexity index is 1420. The topological polar surface area (TPSA) is 72.2 Å². The van der Waals surface area contributed by atoms with Crippen molar-refractivity contribution in [3.8, 4) is 11.3 Å². The third kappa shape index (κ3) is 3.28. The number of benzene rings is 2. The van der Waals surface area contributed by atoms with Gasteiger partial charge in [-0.1, -0.05) is 24.3 Å². The molecule has 0 atom stereocenters. The fourth-order valence-corrected chi connectivity index (χ4v) is 3.39. The van der Waals surface area contributed by atoms with E-state index in [4.69, 9.17) is 4.98 Å². The molecule has 6 nitrogen and oxygen atoms in total. The quantitative estimate of drug-likeness (QED) is 0.477. The molecule has 0 bridgehead atoms. The van der Waals surface area contributed by atoms with Crippen LogP contribution >= 0.6 is 0 Å². The summed E-state index contributed by atoms with van der Waals surface area (Å²) in [5, 5.41) is 2.97. The van der Waals surface area contributed by atoms with Crippen LogP contribution in [0.5, 0.6) is 0 Å². The number of aryl methyl sites for hydroxylation is 2. The van der Waals surface area contributed by atoms with Crippen LogP contribution in [0.2, 0.25) is 0 Å². The van der Waals surface area contributed by atoms with Gasteiger partial charge in [0.25, 0.3) is 5.91 Å². The van der Waals surface area contributed by atoms with Crippen molar-refractivity contribution in [1.82, 2.24) is 19.4 Å². The predicted molar refractivity (Wildman–Crippen MR) is 118 cm³/mol. The number of fused-ring (bicyclic) bond motifs is 2. The Morgan fingerprint density at radius 2 is 1.80 bits per heavy atom. The lowest BCUT2D eigenvalue weighted by Crippen LogP contribution is -2.15. The van der Waals surface area contributed by atoms with Crippen molar-refractivity contribution in [3.63, 3.8) is 0 Å². The number of anilines is 1. The van der Waals surface area contributed by atoms with Gasteiger partial charge < -0.3 is 9.72 Å². The van der Waals surface area contributed by atoms with Crippen LogP contribution in [0.1, 0.15) is 21.6 Å². The molecule has 0 fully saturated rings. The predicted octanol–water partition coefficient (Wildman–Crippen LogP) is 4.81. The average molecular weight is 393 g/mol. The zero-order valence-corrected chi connectivity index (χ0v) is 16.6. The second kappa shape index (κ2) is 7.08. The molecule has 1 N–H and O–H groups in total. The van der Waals surface area contributed by atoms with Crippen LogP contribution in [0.3, 0.4) is 0 Å². The van der Waals surface area contributed by atoms with Gasteiger partial charge >= 0.3 is 0 Å². The summed E-state index contributed by atoms with van der Waals surface area (Å²) in [7, 11) is 0. The van der Waals surface area contributed by atoms with Gasteiger partial charge in [0.15, 0.2) is 0 Å². The standard InChI is InChI=1S/C24H19N5O/c1-15-9-10-29-14-22(27-23(29)11-15)17-8-7-16(2)20(12-17)28-24(30)21-13-25-18-5-3-4-6-19(18)26-21/h3-14H,1-2H3,(H,28,30). The van der Waals surface area contributed by atoms with Gasteiger partial charge in [0.2, 0.25) is 0 Å². The Balaban J connectivity index is 1.47. The van der Waals surface area contributed by atoms with Crippen molar-refractivity contribution in [2.75, 3.05) is 5.32 Å². The van der Waals surface area contributed by atoms with Crippen LogP contribution in [0, 0.1) is 13.8 Å². The fraction of sp³-hybridized carbons (Fsp3) is 0.0833. The number of nitrogens with zero attached hydrogens (tertiary/aromatic N) is 4. The number of carbonyl (C=O) groups excluding carboxylic acids is 1. The molecule has 0 radical (unpaired) electrons. The summed E-state index contributed by atoms with van der Waals surface area (Å²) < 4.78 is 1.99. The van der Waals surface area contributed by atoms with Gasteiger partial charge in [-0.2, -0.15) is 0 Å². The third-order valence-corrected chi connectivity index (χ3v) is 5.08.